The standard InChI is InChI=1S/C20H29N3O2Si/c1-20(2,3)26(4,5)25-11-15-13-10-14-16(15)17(14)18(13)22-23-19(24)12-6-8-21-9-7-12/h6-9,13-17H,10-11H2,1-5H3,(H,23,24)/b22-18+/t13?,14-,15?,16?,17+/m0/s1. The monoisotopic (exact) mass is 371 g/mol. The molecule has 6 heteroatoms. The van der Waals surface area contributed by atoms with Gasteiger partial charge in [-0.25, -0.2) is 5.43 Å². The zero-order chi connectivity index (χ0) is 18.7. The molecule has 0 spiro atoms. The van der Waals surface area contributed by atoms with Crippen molar-refractivity contribution in [3.63, 3.8) is 0 Å². The van der Waals surface area contributed by atoms with Gasteiger partial charge in [0.25, 0.3) is 5.91 Å². The summed E-state index contributed by atoms with van der Waals surface area (Å²) >= 11 is 0. The highest BCUT2D eigenvalue weighted by Crippen LogP contribution is 2.71. The van der Waals surface area contributed by atoms with Gasteiger partial charge in [0.15, 0.2) is 8.32 Å². The summed E-state index contributed by atoms with van der Waals surface area (Å²) in [5.74, 6) is 3.04. The van der Waals surface area contributed by atoms with Gasteiger partial charge >= 0.3 is 0 Å². The van der Waals surface area contributed by atoms with Crippen LogP contribution >= 0.6 is 0 Å². The molecule has 4 fully saturated rings. The minimum absolute atomic E-state index is 0.157. The molecule has 26 heavy (non-hydrogen) atoms. The molecule has 4 aliphatic carbocycles. The van der Waals surface area contributed by atoms with Crippen LogP contribution in [0.2, 0.25) is 18.1 Å². The maximum atomic E-state index is 12.2. The van der Waals surface area contributed by atoms with Crippen molar-refractivity contribution in [1.29, 1.82) is 0 Å². The van der Waals surface area contributed by atoms with E-state index in [1.165, 1.54) is 12.1 Å². The van der Waals surface area contributed by atoms with Crippen LogP contribution in [0.1, 0.15) is 37.6 Å². The summed E-state index contributed by atoms with van der Waals surface area (Å²) in [6, 6.07) is 3.42. The van der Waals surface area contributed by atoms with Crippen LogP contribution in [0.25, 0.3) is 0 Å². The highest BCUT2D eigenvalue weighted by molar-refractivity contribution is 6.74. The van der Waals surface area contributed by atoms with Gasteiger partial charge in [0.2, 0.25) is 0 Å². The van der Waals surface area contributed by atoms with E-state index in [-0.39, 0.29) is 10.9 Å². The van der Waals surface area contributed by atoms with E-state index >= 15 is 0 Å². The van der Waals surface area contributed by atoms with Crippen molar-refractivity contribution in [3.05, 3.63) is 30.1 Å². The van der Waals surface area contributed by atoms with Crippen LogP contribution in [0.4, 0.5) is 0 Å². The average molecular weight is 372 g/mol. The van der Waals surface area contributed by atoms with Crippen molar-refractivity contribution in [2.24, 2.45) is 34.7 Å². The van der Waals surface area contributed by atoms with E-state index in [9.17, 15) is 4.79 Å². The van der Waals surface area contributed by atoms with Crippen LogP contribution in [0.5, 0.6) is 0 Å². The lowest BCUT2D eigenvalue weighted by molar-refractivity contribution is 0.0954. The Bertz CT molecular complexity index is 741. The van der Waals surface area contributed by atoms with Crippen molar-refractivity contribution in [2.45, 2.75) is 45.3 Å². The Morgan fingerprint density at radius 3 is 2.65 bits per heavy atom. The number of hydrazone groups is 1. The van der Waals surface area contributed by atoms with Crippen molar-refractivity contribution >= 4 is 19.9 Å². The maximum Gasteiger partial charge on any atom is 0.271 e. The summed E-state index contributed by atoms with van der Waals surface area (Å²) in [4.78, 5) is 16.2. The quantitative estimate of drug-likeness (QED) is 0.634. The number of amides is 1. The van der Waals surface area contributed by atoms with E-state index in [0.717, 1.165) is 18.4 Å². The van der Waals surface area contributed by atoms with Gasteiger partial charge in [0, 0.05) is 42.1 Å². The smallest absolute Gasteiger partial charge is 0.271 e. The summed E-state index contributed by atoms with van der Waals surface area (Å²) in [5, 5.41) is 4.78. The molecule has 0 radical (unpaired) electrons. The first-order valence-electron chi connectivity index (χ1n) is 9.62. The summed E-state index contributed by atoms with van der Waals surface area (Å²) < 4.78 is 6.50. The van der Waals surface area contributed by atoms with E-state index in [4.69, 9.17) is 4.43 Å². The molecule has 4 aliphatic rings. The van der Waals surface area contributed by atoms with Gasteiger partial charge in [0.1, 0.15) is 0 Å². The fourth-order valence-electron chi connectivity index (χ4n) is 4.62. The summed E-state index contributed by atoms with van der Waals surface area (Å²) in [6.07, 6.45) is 4.48. The second-order valence-corrected chi connectivity index (χ2v) is 14.4. The van der Waals surface area contributed by atoms with Gasteiger partial charge in [-0.15, -0.1) is 0 Å². The molecule has 1 heterocycles. The van der Waals surface area contributed by atoms with Crippen LogP contribution in [-0.4, -0.2) is 31.5 Å². The number of hydrogen-bond acceptors (Lipinski definition) is 4. The molecule has 1 aromatic heterocycles. The Kier molecular flexibility index (Phi) is 4.11. The number of rotatable bonds is 5. The molecular weight excluding hydrogens is 342 g/mol. The topological polar surface area (TPSA) is 63.6 Å². The van der Waals surface area contributed by atoms with Gasteiger partial charge in [-0.05, 0) is 54.4 Å². The summed E-state index contributed by atoms with van der Waals surface area (Å²) in [7, 11) is -1.71. The van der Waals surface area contributed by atoms with Gasteiger partial charge < -0.3 is 4.43 Å². The number of carbonyl (C=O) groups excluding carboxylic acids is 1. The molecule has 4 saturated carbocycles. The van der Waals surface area contributed by atoms with E-state index < -0.39 is 8.32 Å². The predicted molar refractivity (Wildman–Crippen MR) is 104 cm³/mol. The van der Waals surface area contributed by atoms with Crippen molar-refractivity contribution in [2.75, 3.05) is 6.61 Å². The molecular formula is C20H29N3O2Si. The largest absolute Gasteiger partial charge is 0.417 e. The molecule has 1 N–H and O–H groups in total. The van der Waals surface area contributed by atoms with Crippen molar-refractivity contribution in [3.8, 4) is 0 Å². The van der Waals surface area contributed by atoms with E-state index in [0.29, 0.717) is 23.3 Å². The highest BCUT2D eigenvalue weighted by Gasteiger charge is 2.72. The molecule has 4 bridgehead atoms. The molecule has 5 nitrogen and oxygen atoms in total. The van der Waals surface area contributed by atoms with E-state index in [2.05, 4.69) is 49.4 Å². The lowest BCUT2D eigenvalue weighted by Crippen LogP contribution is -2.42. The number of pyridine rings is 1. The van der Waals surface area contributed by atoms with E-state index in [1.807, 2.05) is 0 Å². The molecule has 1 amide bonds. The highest BCUT2D eigenvalue weighted by atomic mass is 28.4. The normalized spacial score (nSPS) is 33.6. The average Bonchev–Trinajstić information content (AvgIpc) is 2.90. The molecule has 0 aromatic carbocycles. The number of aromatic nitrogens is 1. The zero-order valence-corrected chi connectivity index (χ0v) is 17.3. The lowest BCUT2D eigenvalue weighted by atomic mass is 9.98. The summed E-state index contributed by atoms with van der Waals surface area (Å²) in [5.41, 5.74) is 4.57. The second-order valence-electron chi connectivity index (χ2n) is 9.56. The minimum Gasteiger partial charge on any atom is -0.417 e. The molecule has 0 aliphatic heterocycles. The Balaban J connectivity index is 1.39. The molecule has 1 aromatic rings. The number of hydrogen-bond donors (Lipinski definition) is 1. The molecule has 5 rings (SSSR count). The Hall–Kier alpha value is -1.53. The zero-order valence-electron chi connectivity index (χ0n) is 16.3. The SMILES string of the molecule is CC(C)(C)[Si](C)(C)OCC1C2C[C@H]3C1[C@@H]3/C2=N/NC(=O)c1ccncc1. The third kappa shape index (κ3) is 2.83. The second kappa shape index (κ2) is 5.99. The Morgan fingerprint density at radius 2 is 2.04 bits per heavy atom. The first kappa shape index (κ1) is 17.9. The third-order valence-corrected chi connectivity index (χ3v) is 11.7. The van der Waals surface area contributed by atoms with Crippen LogP contribution in [0.3, 0.4) is 0 Å². The van der Waals surface area contributed by atoms with Crippen molar-refractivity contribution in [1.82, 2.24) is 10.4 Å². The molecule has 5 atom stereocenters. The molecule has 3 unspecified atom stereocenters. The number of carbonyl (C=O) groups is 1. The Labute approximate surface area is 156 Å². The molecule has 0 saturated heterocycles. The summed E-state index contributed by atoms with van der Waals surface area (Å²) in [6.45, 7) is 12.4. The van der Waals surface area contributed by atoms with Gasteiger partial charge in [0.05, 0.1) is 0 Å². The first-order chi connectivity index (χ1) is 12.2. The minimum atomic E-state index is -1.71. The molecule has 140 valence electrons. The maximum absolute atomic E-state index is 12.2. The fourth-order valence-corrected chi connectivity index (χ4v) is 5.66. The van der Waals surface area contributed by atoms with Gasteiger partial charge in [-0.2, -0.15) is 5.10 Å². The van der Waals surface area contributed by atoms with Gasteiger partial charge in [-0.1, -0.05) is 20.8 Å². The fraction of sp³-hybridized carbons (Fsp3) is 0.650. The van der Waals surface area contributed by atoms with Gasteiger partial charge in [-0.3, -0.25) is 9.78 Å². The lowest BCUT2D eigenvalue weighted by Gasteiger charge is -2.37. The predicted octanol–water partition coefficient (Wildman–Crippen LogP) is 3.70. The Morgan fingerprint density at radius 1 is 1.35 bits per heavy atom. The van der Waals surface area contributed by atoms with Crippen LogP contribution in [-0.2, 0) is 4.43 Å². The van der Waals surface area contributed by atoms with Crippen LogP contribution < -0.4 is 5.43 Å². The van der Waals surface area contributed by atoms with E-state index in [1.54, 1.807) is 24.5 Å². The van der Waals surface area contributed by atoms with Crippen molar-refractivity contribution < 1.29 is 9.22 Å². The third-order valence-electron chi connectivity index (χ3n) is 7.16. The first-order valence-corrected chi connectivity index (χ1v) is 12.5. The van der Waals surface area contributed by atoms with Crippen LogP contribution in [0, 0.1) is 29.6 Å². The number of nitrogens with zero attached hydrogens (tertiary/aromatic N) is 2. The number of nitrogens with one attached hydrogen (secondary N) is 1. The van der Waals surface area contributed by atoms with Crippen LogP contribution in [0.15, 0.2) is 29.6 Å².